The van der Waals surface area contributed by atoms with Gasteiger partial charge in [0.2, 0.25) is 0 Å². The summed E-state index contributed by atoms with van der Waals surface area (Å²) in [7, 11) is 1.48. The van der Waals surface area contributed by atoms with Crippen LogP contribution in [0.1, 0.15) is 11.1 Å². The maximum absolute atomic E-state index is 13.4. The fourth-order valence-electron chi connectivity index (χ4n) is 3.47. The van der Waals surface area contributed by atoms with E-state index >= 15 is 0 Å². The van der Waals surface area contributed by atoms with E-state index in [0.29, 0.717) is 28.3 Å². The van der Waals surface area contributed by atoms with Crippen LogP contribution in [-0.2, 0) is 9.59 Å². The lowest BCUT2D eigenvalue weighted by molar-refractivity contribution is -0.384. The third-order valence-electron chi connectivity index (χ3n) is 5.07. The van der Waals surface area contributed by atoms with Crippen molar-refractivity contribution in [3.05, 3.63) is 99.7 Å². The fourth-order valence-corrected chi connectivity index (χ4v) is 3.47. The molecule has 0 aliphatic carbocycles. The molecule has 3 aromatic rings. The summed E-state index contributed by atoms with van der Waals surface area (Å²) in [6.45, 7) is 0. The average Bonchev–Trinajstić information content (AvgIpc) is 3.08. The number of carbonyl (C=O) groups excluding carboxylic acids is 2. The molecule has 0 saturated carbocycles. The zero-order valence-electron chi connectivity index (χ0n) is 17.3. The number of carbonyl (C=O) groups is 2. The Labute approximate surface area is 188 Å². The lowest BCUT2D eigenvalue weighted by Crippen LogP contribution is -2.32. The normalized spacial score (nSPS) is 13.2. The second-order valence-corrected chi connectivity index (χ2v) is 6.98. The lowest BCUT2D eigenvalue weighted by atomic mass is 10.0. The molecule has 0 aromatic heterocycles. The number of para-hydroxylation sites is 2. The Kier molecular flexibility index (Phi) is 5.57. The van der Waals surface area contributed by atoms with Crippen LogP contribution in [0.5, 0.6) is 5.75 Å². The second kappa shape index (κ2) is 8.64. The summed E-state index contributed by atoms with van der Waals surface area (Å²) >= 11 is 0. The number of benzene rings is 3. The Hall–Kier alpha value is -4.97. The van der Waals surface area contributed by atoms with Gasteiger partial charge >= 0.3 is 0 Å². The van der Waals surface area contributed by atoms with Crippen molar-refractivity contribution in [3.8, 4) is 11.8 Å². The molecule has 2 amide bonds. The van der Waals surface area contributed by atoms with Crippen molar-refractivity contribution >= 4 is 34.4 Å². The van der Waals surface area contributed by atoms with E-state index < -0.39 is 16.7 Å². The molecule has 1 aliphatic rings. The van der Waals surface area contributed by atoms with E-state index in [1.165, 1.54) is 55.6 Å². The van der Waals surface area contributed by atoms with Gasteiger partial charge < -0.3 is 10.1 Å². The topological polar surface area (TPSA) is 126 Å². The molecule has 9 heteroatoms. The first-order valence-corrected chi connectivity index (χ1v) is 9.72. The van der Waals surface area contributed by atoms with Crippen molar-refractivity contribution in [1.82, 2.24) is 0 Å². The molecule has 0 bridgehead atoms. The summed E-state index contributed by atoms with van der Waals surface area (Å²) in [5.74, 6) is -0.745. The van der Waals surface area contributed by atoms with E-state index in [0.717, 1.165) is 4.90 Å². The summed E-state index contributed by atoms with van der Waals surface area (Å²) in [5.41, 5.74) is 1.41. The standard InChI is InChI=1S/C24H16N4O5/c1-33-20-5-3-2-4-19(20)26-22-21(16-8-12-18(13-9-16)28(31)32)23(29)27(24(22)30)17-10-6-15(14-25)7-11-17/h2-13,26H,1H3. The van der Waals surface area contributed by atoms with Gasteiger partial charge in [0.1, 0.15) is 11.4 Å². The van der Waals surface area contributed by atoms with Crippen molar-refractivity contribution in [3.63, 3.8) is 0 Å². The van der Waals surface area contributed by atoms with Gasteiger partial charge in [-0.15, -0.1) is 0 Å². The number of nitro groups is 1. The number of non-ortho nitro benzene ring substituents is 1. The maximum atomic E-state index is 13.4. The molecule has 3 aromatic carbocycles. The maximum Gasteiger partial charge on any atom is 0.282 e. The van der Waals surface area contributed by atoms with Crippen molar-refractivity contribution < 1.29 is 19.2 Å². The fraction of sp³-hybridized carbons (Fsp3) is 0.0417. The molecule has 0 unspecified atom stereocenters. The molecule has 0 atom stereocenters. The third kappa shape index (κ3) is 3.88. The molecule has 0 spiro atoms. The number of hydrogen-bond donors (Lipinski definition) is 1. The summed E-state index contributed by atoms with van der Waals surface area (Å²) in [4.78, 5) is 38.3. The van der Waals surface area contributed by atoms with Gasteiger partial charge in [-0.1, -0.05) is 12.1 Å². The number of hydrogen-bond acceptors (Lipinski definition) is 7. The minimum absolute atomic E-state index is 0.00251. The van der Waals surface area contributed by atoms with E-state index in [-0.39, 0.29) is 17.0 Å². The Morgan fingerprint density at radius 2 is 1.64 bits per heavy atom. The molecule has 9 nitrogen and oxygen atoms in total. The molecule has 0 fully saturated rings. The molecular weight excluding hydrogens is 424 g/mol. The van der Waals surface area contributed by atoms with Crippen LogP contribution in [0.15, 0.2) is 78.5 Å². The first-order chi connectivity index (χ1) is 15.9. The first-order valence-electron chi connectivity index (χ1n) is 9.72. The molecule has 33 heavy (non-hydrogen) atoms. The zero-order valence-corrected chi connectivity index (χ0v) is 17.3. The predicted molar refractivity (Wildman–Crippen MR) is 120 cm³/mol. The number of ether oxygens (including phenoxy) is 1. The van der Waals surface area contributed by atoms with Gasteiger partial charge in [0, 0.05) is 12.1 Å². The summed E-state index contributed by atoms with van der Waals surface area (Å²) < 4.78 is 5.34. The van der Waals surface area contributed by atoms with E-state index in [9.17, 15) is 19.7 Å². The quantitative estimate of drug-likeness (QED) is 0.350. The van der Waals surface area contributed by atoms with Crippen LogP contribution >= 0.6 is 0 Å². The number of nitrogens with zero attached hydrogens (tertiary/aromatic N) is 3. The summed E-state index contributed by atoms with van der Waals surface area (Å²) in [6.07, 6.45) is 0. The molecule has 4 rings (SSSR count). The minimum Gasteiger partial charge on any atom is -0.495 e. The van der Waals surface area contributed by atoms with E-state index in [4.69, 9.17) is 10.00 Å². The van der Waals surface area contributed by atoms with Crippen LogP contribution < -0.4 is 15.0 Å². The number of anilines is 2. The average molecular weight is 440 g/mol. The molecule has 1 heterocycles. The van der Waals surface area contributed by atoms with Gasteiger partial charge in [-0.2, -0.15) is 5.26 Å². The Morgan fingerprint density at radius 1 is 0.970 bits per heavy atom. The zero-order chi connectivity index (χ0) is 23.5. The van der Waals surface area contributed by atoms with Crippen molar-refractivity contribution in [2.24, 2.45) is 0 Å². The molecule has 1 N–H and O–H groups in total. The Morgan fingerprint density at radius 3 is 2.24 bits per heavy atom. The molecular formula is C24H16N4O5. The highest BCUT2D eigenvalue weighted by molar-refractivity contribution is 6.46. The summed E-state index contributed by atoms with van der Waals surface area (Å²) in [6, 6.07) is 20.3. The minimum atomic E-state index is -0.607. The van der Waals surface area contributed by atoms with Crippen LogP contribution in [0.25, 0.3) is 5.57 Å². The van der Waals surface area contributed by atoms with Crippen molar-refractivity contribution in [1.29, 1.82) is 5.26 Å². The van der Waals surface area contributed by atoms with Gasteiger partial charge in [-0.25, -0.2) is 4.90 Å². The second-order valence-electron chi connectivity index (χ2n) is 6.98. The highest BCUT2D eigenvalue weighted by atomic mass is 16.6. The lowest BCUT2D eigenvalue weighted by Gasteiger charge is -2.16. The van der Waals surface area contributed by atoms with Crippen LogP contribution in [0.4, 0.5) is 17.1 Å². The molecule has 1 aliphatic heterocycles. The van der Waals surface area contributed by atoms with Gasteiger partial charge in [0.05, 0.1) is 40.6 Å². The molecule has 0 saturated heterocycles. The van der Waals surface area contributed by atoms with Crippen molar-refractivity contribution in [2.45, 2.75) is 0 Å². The Bertz CT molecular complexity index is 1340. The highest BCUT2D eigenvalue weighted by Gasteiger charge is 2.40. The molecule has 0 radical (unpaired) electrons. The summed E-state index contributed by atoms with van der Waals surface area (Å²) in [5, 5.41) is 23.1. The number of nitro benzene ring substituents is 1. The number of nitriles is 1. The number of amides is 2. The number of methoxy groups -OCH3 is 1. The number of imide groups is 1. The van der Waals surface area contributed by atoms with Crippen LogP contribution in [0.2, 0.25) is 0 Å². The van der Waals surface area contributed by atoms with E-state index in [1.54, 1.807) is 24.3 Å². The SMILES string of the molecule is COc1ccccc1NC1=C(c2ccc([N+](=O)[O-])cc2)C(=O)N(c2ccc(C#N)cc2)C1=O. The van der Waals surface area contributed by atoms with Crippen LogP contribution in [0, 0.1) is 21.4 Å². The third-order valence-corrected chi connectivity index (χ3v) is 5.07. The van der Waals surface area contributed by atoms with Gasteiger partial charge in [-0.3, -0.25) is 19.7 Å². The number of rotatable bonds is 6. The smallest absolute Gasteiger partial charge is 0.282 e. The first kappa shape index (κ1) is 21.3. The van der Waals surface area contributed by atoms with E-state index in [2.05, 4.69) is 5.32 Å². The van der Waals surface area contributed by atoms with Crippen LogP contribution in [0.3, 0.4) is 0 Å². The molecule has 162 valence electrons. The van der Waals surface area contributed by atoms with Gasteiger partial charge in [-0.05, 0) is 54.1 Å². The highest BCUT2D eigenvalue weighted by Crippen LogP contribution is 2.36. The van der Waals surface area contributed by atoms with Crippen molar-refractivity contribution in [2.75, 3.05) is 17.3 Å². The largest absolute Gasteiger partial charge is 0.495 e. The monoisotopic (exact) mass is 440 g/mol. The number of nitrogens with one attached hydrogen (secondary N) is 1. The predicted octanol–water partition coefficient (Wildman–Crippen LogP) is 3.87. The van der Waals surface area contributed by atoms with Crippen LogP contribution in [-0.4, -0.2) is 23.8 Å². The van der Waals surface area contributed by atoms with Gasteiger partial charge in [0.25, 0.3) is 17.5 Å². The van der Waals surface area contributed by atoms with E-state index in [1.807, 2.05) is 6.07 Å². The van der Waals surface area contributed by atoms with Gasteiger partial charge in [0.15, 0.2) is 0 Å². The Balaban J connectivity index is 1.83.